The molecule has 0 radical (unpaired) electrons. The molecule has 0 spiro atoms. The van der Waals surface area contributed by atoms with Crippen LogP contribution in [0.5, 0.6) is 11.6 Å². The summed E-state index contributed by atoms with van der Waals surface area (Å²) in [4.78, 5) is 37.4. The van der Waals surface area contributed by atoms with Crippen LogP contribution >= 0.6 is 23.1 Å². The van der Waals surface area contributed by atoms with Gasteiger partial charge in [0.2, 0.25) is 11.8 Å². The fourth-order valence-corrected chi connectivity index (χ4v) is 5.23. The number of amides is 2. The maximum absolute atomic E-state index is 13.0. The topological polar surface area (TPSA) is 108 Å². The number of pyridine rings is 1. The van der Waals surface area contributed by atoms with Crippen LogP contribution in [0, 0.1) is 0 Å². The standard InChI is InChI=1S/C22H23N5O4S2/c1-14(28)26-8-10-27(11-9-26)21(30)16-12-15(6-7-17(16)29)32-20-13-23-22(33-20)25-18-4-3-5-19(24-18)31-2/h3-7,12-13,29H,8-11H2,1-2H3,(H,23,24,25). The molecule has 0 aliphatic carbocycles. The number of aromatic nitrogens is 2. The minimum absolute atomic E-state index is 0.00365. The Morgan fingerprint density at radius 3 is 2.64 bits per heavy atom. The second kappa shape index (κ2) is 10.1. The smallest absolute Gasteiger partial charge is 0.257 e. The molecular formula is C22H23N5O4S2. The van der Waals surface area contributed by atoms with Crippen LogP contribution < -0.4 is 10.1 Å². The highest BCUT2D eigenvalue weighted by Gasteiger charge is 2.25. The van der Waals surface area contributed by atoms with Crippen molar-refractivity contribution in [2.75, 3.05) is 38.6 Å². The van der Waals surface area contributed by atoms with E-state index in [2.05, 4.69) is 15.3 Å². The molecule has 0 saturated carbocycles. The van der Waals surface area contributed by atoms with E-state index >= 15 is 0 Å². The van der Waals surface area contributed by atoms with Crippen LogP contribution in [-0.2, 0) is 4.79 Å². The zero-order chi connectivity index (χ0) is 23.4. The number of ether oxygens (including phenoxy) is 1. The lowest BCUT2D eigenvalue weighted by Crippen LogP contribution is -2.50. The summed E-state index contributed by atoms with van der Waals surface area (Å²) in [5.74, 6) is 0.838. The molecule has 1 aliphatic rings. The van der Waals surface area contributed by atoms with Crippen LogP contribution in [0.3, 0.4) is 0 Å². The third kappa shape index (κ3) is 5.55. The molecule has 9 nitrogen and oxygen atoms in total. The Morgan fingerprint density at radius 2 is 1.91 bits per heavy atom. The van der Waals surface area contributed by atoms with Crippen molar-refractivity contribution in [2.45, 2.75) is 16.0 Å². The van der Waals surface area contributed by atoms with Crippen LogP contribution in [0.15, 0.2) is 51.7 Å². The van der Waals surface area contributed by atoms with Crippen molar-refractivity contribution < 1.29 is 19.4 Å². The van der Waals surface area contributed by atoms with Crippen molar-refractivity contribution in [3.8, 4) is 11.6 Å². The first kappa shape index (κ1) is 22.9. The largest absolute Gasteiger partial charge is 0.507 e. The first-order valence-electron chi connectivity index (χ1n) is 10.2. The van der Waals surface area contributed by atoms with Gasteiger partial charge in [0.1, 0.15) is 11.6 Å². The Bertz CT molecular complexity index is 1160. The molecule has 2 aromatic heterocycles. The lowest BCUT2D eigenvalue weighted by atomic mass is 10.1. The van der Waals surface area contributed by atoms with Crippen LogP contribution in [-0.4, -0.2) is 70.0 Å². The highest BCUT2D eigenvalue weighted by atomic mass is 32.2. The van der Waals surface area contributed by atoms with Crippen molar-refractivity contribution >= 4 is 45.9 Å². The molecular weight excluding hydrogens is 462 g/mol. The maximum Gasteiger partial charge on any atom is 0.257 e. The van der Waals surface area contributed by atoms with E-state index in [4.69, 9.17) is 4.74 Å². The molecule has 1 saturated heterocycles. The Kier molecular flexibility index (Phi) is 6.99. The number of anilines is 2. The predicted octanol–water partition coefficient (Wildman–Crippen LogP) is 3.45. The number of benzene rings is 1. The quantitative estimate of drug-likeness (QED) is 0.547. The highest BCUT2D eigenvalue weighted by Crippen LogP contribution is 2.36. The summed E-state index contributed by atoms with van der Waals surface area (Å²) in [5, 5.41) is 14.1. The number of carbonyl (C=O) groups excluding carboxylic acids is 2. The number of nitrogens with zero attached hydrogens (tertiary/aromatic N) is 4. The van der Waals surface area contributed by atoms with E-state index in [1.54, 1.807) is 41.3 Å². The van der Waals surface area contributed by atoms with Gasteiger partial charge in [-0.2, -0.15) is 4.98 Å². The SMILES string of the molecule is COc1cccc(Nc2ncc(Sc3ccc(O)c(C(=O)N4CCN(C(C)=O)CC4)c3)s2)n1. The maximum atomic E-state index is 13.0. The zero-order valence-corrected chi connectivity index (χ0v) is 19.8. The second-order valence-electron chi connectivity index (χ2n) is 7.25. The number of piperazine rings is 1. The van der Waals surface area contributed by atoms with E-state index in [1.807, 2.05) is 12.1 Å². The number of phenols is 1. The molecule has 2 N–H and O–H groups in total. The number of aromatic hydroxyl groups is 1. The third-order valence-electron chi connectivity index (χ3n) is 5.08. The molecule has 3 aromatic rings. The summed E-state index contributed by atoms with van der Waals surface area (Å²) < 4.78 is 6.05. The van der Waals surface area contributed by atoms with Crippen LogP contribution in [0.25, 0.3) is 0 Å². The van der Waals surface area contributed by atoms with Crippen molar-refractivity contribution in [3.05, 3.63) is 48.2 Å². The highest BCUT2D eigenvalue weighted by molar-refractivity contribution is 8.01. The van der Waals surface area contributed by atoms with Crippen molar-refractivity contribution in [3.63, 3.8) is 0 Å². The van der Waals surface area contributed by atoms with E-state index in [0.29, 0.717) is 43.0 Å². The van der Waals surface area contributed by atoms with Gasteiger partial charge in [0.15, 0.2) is 5.13 Å². The molecule has 33 heavy (non-hydrogen) atoms. The number of methoxy groups -OCH3 is 1. The summed E-state index contributed by atoms with van der Waals surface area (Å²) >= 11 is 2.90. The van der Waals surface area contributed by atoms with Gasteiger partial charge in [-0.25, -0.2) is 4.98 Å². The lowest BCUT2D eigenvalue weighted by molar-refractivity contribution is -0.130. The molecule has 1 fully saturated rings. The van der Waals surface area contributed by atoms with Gasteiger partial charge in [-0.3, -0.25) is 9.59 Å². The minimum Gasteiger partial charge on any atom is -0.507 e. The van der Waals surface area contributed by atoms with Crippen LogP contribution in [0.4, 0.5) is 10.9 Å². The van der Waals surface area contributed by atoms with Crippen molar-refractivity contribution in [1.82, 2.24) is 19.8 Å². The predicted molar refractivity (Wildman–Crippen MR) is 127 cm³/mol. The van der Waals surface area contributed by atoms with E-state index in [0.717, 1.165) is 9.10 Å². The molecule has 0 unspecified atom stereocenters. The number of thiazole rings is 1. The number of phenolic OH excluding ortho intramolecular Hbond substituents is 1. The van der Waals surface area contributed by atoms with E-state index < -0.39 is 0 Å². The summed E-state index contributed by atoms with van der Waals surface area (Å²) in [6.45, 7) is 3.40. The van der Waals surface area contributed by atoms with Gasteiger partial charge in [0, 0.05) is 44.1 Å². The molecule has 2 amide bonds. The summed E-state index contributed by atoms with van der Waals surface area (Å²) in [6, 6.07) is 10.4. The van der Waals surface area contributed by atoms with Gasteiger partial charge >= 0.3 is 0 Å². The average Bonchev–Trinajstić information content (AvgIpc) is 3.26. The Morgan fingerprint density at radius 1 is 1.15 bits per heavy atom. The average molecular weight is 486 g/mol. The Balaban J connectivity index is 1.43. The van der Waals surface area contributed by atoms with Crippen molar-refractivity contribution in [2.24, 2.45) is 0 Å². The zero-order valence-electron chi connectivity index (χ0n) is 18.1. The Labute approximate surface area is 199 Å². The molecule has 1 aliphatic heterocycles. The van der Waals surface area contributed by atoms with Gasteiger partial charge in [-0.1, -0.05) is 29.2 Å². The van der Waals surface area contributed by atoms with E-state index in [-0.39, 0.29) is 23.1 Å². The monoisotopic (exact) mass is 485 g/mol. The van der Waals surface area contributed by atoms with Gasteiger partial charge in [-0.05, 0) is 24.3 Å². The first-order valence-corrected chi connectivity index (χ1v) is 11.9. The molecule has 1 aromatic carbocycles. The molecule has 3 heterocycles. The normalized spacial score (nSPS) is 13.6. The van der Waals surface area contributed by atoms with Gasteiger partial charge in [0.25, 0.3) is 5.91 Å². The lowest BCUT2D eigenvalue weighted by Gasteiger charge is -2.34. The Hall–Kier alpha value is -3.31. The number of rotatable bonds is 6. The number of hydrogen-bond acceptors (Lipinski definition) is 9. The molecule has 172 valence electrons. The summed E-state index contributed by atoms with van der Waals surface area (Å²) in [7, 11) is 1.56. The third-order valence-corrected chi connectivity index (χ3v) is 7.08. The van der Waals surface area contributed by atoms with Gasteiger partial charge in [0.05, 0.1) is 23.1 Å². The fraction of sp³-hybridized carbons (Fsp3) is 0.273. The first-order chi connectivity index (χ1) is 15.9. The van der Waals surface area contributed by atoms with Crippen molar-refractivity contribution in [1.29, 1.82) is 0 Å². The number of carbonyl (C=O) groups is 2. The van der Waals surface area contributed by atoms with E-state index in [9.17, 15) is 14.7 Å². The fourth-order valence-electron chi connectivity index (χ4n) is 3.33. The second-order valence-corrected chi connectivity index (χ2v) is 9.66. The molecule has 11 heteroatoms. The molecule has 4 rings (SSSR count). The van der Waals surface area contributed by atoms with Gasteiger partial charge < -0.3 is 25.0 Å². The van der Waals surface area contributed by atoms with Gasteiger partial charge in [-0.15, -0.1) is 0 Å². The number of hydrogen-bond donors (Lipinski definition) is 2. The van der Waals surface area contributed by atoms with Crippen LogP contribution in [0.2, 0.25) is 0 Å². The molecule has 0 bridgehead atoms. The minimum atomic E-state index is -0.242. The molecule has 0 atom stereocenters. The van der Waals surface area contributed by atoms with E-state index in [1.165, 1.54) is 36.1 Å². The summed E-state index contributed by atoms with van der Waals surface area (Å²) in [6.07, 6.45) is 1.74. The van der Waals surface area contributed by atoms with Crippen LogP contribution in [0.1, 0.15) is 17.3 Å². The number of nitrogens with one attached hydrogen (secondary N) is 1. The summed E-state index contributed by atoms with van der Waals surface area (Å²) in [5.41, 5.74) is 0.250.